The van der Waals surface area contributed by atoms with Crippen LogP contribution in [0, 0.1) is 0 Å². The van der Waals surface area contributed by atoms with Gasteiger partial charge in [-0.05, 0) is 30.2 Å². The largest absolute Gasteiger partial charge is 0.465 e. The Kier molecular flexibility index (Phi) is 3.53. The Hall–Kier alpha value is -2.75. The molecule has 4 heteroatoms. The first kappa shape index (κ1) is 14.8. The molecule has 0 amide bonds. The van der Waals surface area contributed by atoms with Crippen molar-refractivity contribution in [3.8, 4) is 0 Å². The highest BCUT2D eigenvalue weighted by atomic mass is 16.5. The zero-order valence-electron chi connectivity index (χ0n) is 13.9. The molecule has 4 nitrogen and oxygen atoms in total. The number of carbonyl (C=O) groups is 1. The van der Waals surface area contributed by atoms with Gasteiger partial charge in [-0.25, -0.2) is 4.79 Å². The van der Waals surface area contributed by atoms with Crippen LogP contribution in [0.3, 0.4) is 0 Å². The number of H-pyrrole nitrogens is 1. The standard InChI is InChI=1S/C20H20N2O2/c1-22-12-11-15(13-7-9-14(10-8-13)20(23)24-2)18-19(22)16-5-3-4-6-17(16)21-18/h3-10,15,21H,11-12H2,1-2H3/t15-/m0/s1. The smallest absolute Gasteiger partial charge is 0.337 e. The van der Waals surface area contributed by atoms with Gasteiger partial charge in [0.25, 0.3) is 0 Å². The lowest BCUT2D eigenvalue weighted by atomic mass is 9.88. The summed E-state index contributed by atoms with van der Waals surface area (Å²) in [6, 6.07) is 16.2. The van der Waals surface area contributed by atoms with Crippen LogP contribution in [0.2, 0.25) is 0 Å². The van der Waals surface area contributed by atoms with E-state index < -0.39 is 0 Å². The first-order chi connectivity index (χ1) is 11.7. The maximum atomic E-state index is 11.6. The van der Waals surface area contributed by atoms with Gasteiger partial charge in [0.2, 0.25) is 0 Å². The van der Waals surface area contributed by atoms with E-state index in [1.165, 1.54) is 35.0 Å². The predicted octanol–water partition coefficient (Wildman–Crippen LogP) is 3.93. The van der Waals surface area contributed by atoms with Crippen LogP contribution in [0.4, 0.5) is 5.69 Å². The topological polar surface area (TPSA) is 45.3 Å². The highest BCUT2D eigenvalue weighted by molar-refractivity contribution is 5.96. The summed E-state index contributed by atoms with van der Waals surface area (Å²) in [5, 5.41) is 1.27. The summed E-state index contributed by atoms with van der Waals surface area (Å²) in [6.07, 6.45) is 1.05. The number of hydrogen-bond donors (Lipinski definition) is 1. The minimum absolute atomic E-state index is 0.295. The number of carbonyl (C=O) groups excluding carboxylic acids is 1. The van der Waals surface area contributed by atoms with E-state index in [9.17, 15) is 4.79 Å². The molecule has 3 aromatic rings. The lowest BCUT2D eigenvalue weighted by Gasteiger charge is -2.31. The maximum absolute atomic E-state index is 11.6. The molecule has 2 heterocycles. The molecule has 0 spiro atoms. The summed E-state index contributed by atoms with van der Waals surface area (Å²) in [5.41, 5.74) is 5.54. The third kappa shape index (κ3) is 2.26. The number of anilines is 1. The third-order valence-electron chi connectivity index (χ3n) is 4.92. The summed E-state index contributed by atoms with van der Waals surface area (Å²) in [4.78, 5) is 17.6. The number of ether oxygens (including phenoxy) is 1. The van der Waals surface area contributed by atoms with Crippen molar-refractivity contribution in [2.45, 2.75) is 12.3 Å². The van der Waals surface area contributed by atoms with Crippen LogP contribution in [-0.2, 0) is 4.74 Å². The Morgan fingerprint density at radius 2 is 1.92 bits per heavy atom. The fourth-order valence-electron chi connectivity index (χ4n) is 3.69. The molecule has 0 aliphatic carbocycles. The van der Waals surface area contributed by atoms with Crippen molar-refractivity contribution < 1.29 is 9.53 Å². The molecule has 0 fully saturated rings. The zero-order chi connectivity index (χ0) is 16.7. The normalized spacial score (nSPS) is 16.9. The number of aromatic nitrogens is 1. The summed E-state index contributed by atoms with van der Waals surface area (Å²) in [7, 11) is 3.56. The van der Waals surface area contributed by atoms with Crippen LogP contribution in [0.15, 0.2) is 48.5 Å². The number of hydrogen-bond acceptors (Lipinski definition) is 3. The van der Waals surface area contributed by atoms with Gasteiger partial charge in [0.1, 0.15) is 0 Å². The molecule has 1 aromatic heterocycles. The van der Waals surface area contributed by atoms with E-state index in [2.05, 4.69) is 41.2 Å². The molecule has 122 valence electrons. The number of esters is 1. The van der Waals surface area contributed by atoms with Gasteiger partial charge < -0.3 is 14.6 Å². The second kappa shape index (κ2) is 5.71. The molecule has 1 atom stereocenters. The van der Waals surface area contributed by atoms with Gasteiger partial charge in [-0.1, -0.05) is 30.3 Å². The van der Waals surface area contributed by atoms with Gasteiger partial charge in [-0.15, -0.1) is 0 Å². The average Bonchev–Trinajstić information content (AvgIpc) is 3.02. The maximum Gasteiger partial charge on any atom is 0.337 e. The molecular formula is C20H20N2O2. The zero-order valence-corrected chi connectivity index (χ0v) is 13.9. The molecule has 0 unspecified atom stereocenters. The van der Waals surface area contributed by atoms with Crippen molar-refractivity contribution in [1.82, 2.24) is 4.98 Å². The molecule has 4 rings (SSSR count). The van der Waals surface area contributed by atoms with Crippen LogP contribution in [0.1, 0.15) is 34.0 Å². The van der Waals surface area contributed by atoms with E-state index >= 15 is 0 Å². The van der Waals surface area contributed by atoms with Gasteiger partial charge in [0, 0.05) is 36.1 Å². The first-order valence-corrected chi connectivity index (χ1v) is 8.19. The first-order valence-electron chi connectivity index (χ1n) is 8.19. The van der Waals surface area contributed by atoms with Gasteiger partial charge in [-0.3, -0.25) is 0 Å². The Balaban J connectivity index is 1.78. The highest BCUT2D eigenvalue weighted by Gasteiger charge is 2.28. The summed E-state index contributed by atoms with van der Waals surface area (Å²) in [5.74, 6) is 0.0199. The highest BCUT2D eigenvalue weighted by Crippen LogP contribution is 2.42. The Labute approximate surface area is 141 Å². The summed E-state index contributed by atoms with van der Waals surface area (Å²) in [6.45, 7) is 1.01. The number of benzene rings is 2. The van der Waals surface area contributed by atoms with E-state index in [0.29, 0.717) is 11.5 Å². The second-order valence-corrected chi connectivity index (χ2v) is 6.31. The molecule has 0 saturated heterocycles. The van der Waals surface area contributed by atoms with Crippen LogP contribution in [0.5, 0.6) is 0 Å². The molecule has 2 aromatic carbocycles. The Bertz CT molecular complexity index is 896. The lowest BCUT2D eigenvalue weighted by Crippen LogP contribution is -2.27. The minimum atomic E-state index is -0.295. The summed E-state index contributed by atoms with van der Waals surface area (Å²) >= 11 is 0. The number of fused-ring (bicyclic) bond motifs is 3. The van der Waals surface area contributed by atoms with E-state index in [4.69, 9.17) is 4.74 Å². The van der Waals surface area contributed by atoms with Crippen LogP contribution in [0.25, 0.3) is 10.9 Å². The molecule has 1 aliphatic heterocycles. The molecule has 0 bridgehead atoms. The average molecular weight is 320 g/mol. The molecule has 0 radical (unpaired) electrons. The number of rotatable bonds is 2. The van der Waals surface area contributed by atoms with Crippen molar-refractivity contribution in [2.75, 3.05) is 25.6 Å². The molecule has 1 aliphatic rings. The number of methoxy groups -OCH3 is 1. The number of aromatic amines is 1. The summed E-state index contributed by atoms with van der Waals surface area (Å²) < 4.78 is 4.78. The van der Waals surface area contributed by atoms with Crippen LogP contribution < -0.4 is 4.90 Å². The molecule has 0 saturated carbocycles. The number of para-hydroxylation sites is 1. The van der Waals surface area contributed by atoms with Crippen molar-refractivity contribution in [3.05, 3.63) is 65.4 Å². The van der Waals surface area contributed by atoms with Gasteiger partial charge in [-0.2, -0.15) is 0 Å². The predicted molar refractivity (Wildman–Crippen MR) is 95.8 cm³/mol. The quantitative estimate of drug-likeness (QED) is 0.728. The lowest BCUT2D eigenvalue weighted by molar-refractivity contribution is 0.0600. The molecule has 24 heavy (non-hydrogen) atoms. The van der Waals surface area contributed by atoms with E-state index in [-0.39, 0.29) is 5.97 Å². The van der Waals surface area contributed by atoms with Crippen LogP contribution in [-0.4, -0.2) is 31.7 Å². The van der Waals surface area contributed by atoms with Crippen LogP contribution >= 0.6 is 0 Å². The van der Waals surface area contributed by atoms with Crippen molar-refractivity contribution >= 4 is 22.6 Å². The Morgan fingerprint density at radius 1 is 1.17 bits per heavy atom. The van der Waals surface area contributed by atoms with E-state index in [1.54, 1.807) is 0 Å². The van der Waals surface area contributed by atoms with Crippen molar-refractivity contribution in [1.29, 1.82) is 0 Å². The SMILES string of the molecule is COC(=O)c1ccc([C@@H]2CCN(C)c3c2[nH]c2ccccc32)cc1. The molecule has 1 N–H and O–H groups in total. The Morgan fingerprint density at radius 3 is 2.67 bits per heavy atom. The van der Waals surface area contributed by atoms with E-state index in [1.807, 2.05) is 24.3 Å². The fourth-order valence-corrected chi connectivity index (χ4v) is 3.69. The number of nitrogens with one attached hydrogen (secondary N) is 1. The third-order valence-corrected chi connectivity index (χ3v) is 4.92. The van der Waals surface area contributed by atoms with Gasteiger partial charge in [0.05, 0.1) is 18.4 Å². The minimum Gasteiger partial charge on any atom is -0.465 e. The van der Waals surface area contributed by atoms with Crippen molar-refractivity contribution in [2.24, 2.45) is 0 Å². The number of nitrogens with zero attached hydrogens (tertiary/aromatic N) is 1. The van der Waals surface area contributed by atoms with Gasteiger partial charge >= 0.3 is 5.97 Å². The van der Waals surface area contributed by atoms with E-state index in [0.717, 1.165) is 13.0 Å². The van der Waals surface area contributed by atoms with Gasteiger partial charge in [0.15, 0.2) is 0 Å². The molecular weight excluding hydrogens is 300 g/mol. The monoisotopic (exact) mass is 320 g/mol. The van der Waals surface area contributed by atoms with Crippen molar-refractivity contribution in [3.63, 3.8) is 0 Å². The fraction of sp³-hybridized carbons (Fsp3) is 0.250. The second-order valence-electron chi connectivity index (χ2n) is 6.31.